The van der Waals surface area contributed by atoms with Gasteiger partial charge in [-0.2, -0.15) is 15.1 Å². The molecule has 2 heterocycles. The number of fused-ring (bicyclic) bond motifs is 1. The van der Waals surface area contributed by atoms with Gasteiger partial charge in [0.2, 0.25) is 5.17 Å². The molecule has 2 aliphatic rings. The first-order valence-corrected chi connectivity index (χ1v) is 14.4. The molecule has 0 atom stereocenters. The third-order valence-corrected chi connectivity index (χ3v) is 8.02. The molecule has 0 bridgehead atoms. The van der Waals surface area contributed by atoms with Crippen molar-refractivity contribution in [2.45, 2.75) is 18.7 Å². The fraction of sp³-hybridized carbons (Fsp3) is 0.172. The average molecular weight is 577 g/mol. The Hall–Kier alpha value is -3.53. The van der Waals surface area contributed by atoms with Crippen LogP contribution < -0.4 is 9.47 Å². The Kier molecular flexibility index (Phi) is 8.40. The van der Waals surface area contributed by atoms with Crippen molar-refractivity contribution in [3.8, 4) is 11.5 Å². The molecule has 0 fully saturated rings. The van der Waals surface area contributed by atoms with Crippen LogP contribution in [0.3, 0.4) is 0 Å². The molecule has 39 heavy (non-hydrogen) atoms. The molecule has 1 N–H and O–H groups in total. The van der Waals surface area contributed by atoms with Crippen molar-refractivity contribution in [2.75, 3.05) is 19.0 Å². The molecule has 10 heteroatoms. The number of hydrogen-bond acceptors (Lipinski definition) is 7. The highest BCUT2D eigenvalue weighted by Crippen LogP contribution is 2.34. The van der Waals surface area contributed by atoms with Gasteiger partial charge in [0.25, 0.3) is 5.91 Å². The van der Waals surface area contributed by atoms with Gasteiger partial charge in [0, 0.05) is 16.2 Å². The van der Waals surface area contributed by atoms with Crippen LogP contribution in [-0.4, -0.2) is 45.9 Å². The van der Waals surface area contributed by atoms with Gasteiger partial charge in [0.05, 0.1) is 23.8 Å². The number of carbonyl (C=O) groups excluding carboxylic acids is 1. The van der Waals surface area contributed by atoms with Crippen molar-refractivity contribution < 1.29 is 14.3 Å². The molecule has 0 spiro atoms. The van der Waals surface area contributed by atoms with Crippen molar-refractivity contribution in [2.24, 2.45) is 10.1 Å². The summed E-state index contributed by atoms with van der Waals surface area (Å²) in [7, 11) is 0. The van der Waals surface area contributed by atoms with E-state index in [1.54, 1.807) is 30.0 Å². The predicted molar refractivity (Wildman–Crippen MR) is 161 cm³/mol. The van der Waals surface area contributed by atoms with Gasteiger partial charge in [0.15, 0.2) is 17.3 Å². The summed E-state index contributed by atoms with van der Waals surface area (Å²) in [5, 5.41) is 16.0. The topological polar surface area (TPSA) is 87.3 Å². The molecule has 0 radical (unpaired) electrons. The molecule has 2 aliphatic heterocycles. The molecule has 0 saturated carbocycles. The fourth-order valence-electron chi connectivity index (χ4n) is 3.85. The number of benzene rings is 3. The zero-order valence-electron chi connectivity index (χ0n) is 21.3. The highest BCUT2D eigenvalue weighted by atomic mass is 35.5. The second kappa shape index (κ2) is 12.1. The molecule has 3 aromatic carbocycles. The lowest BCUT2D eigenvalue weighted by Crippen LogP contribution is -2.35. The molecular formula is C29H25ClN4O3S2. The van der Waals surface area contributed by atoms with E-state index in [1.165, 1.54) is 27.2 Å². The number of hydrazone groups is 1. The lowest BCUT2D eigenvalue weighted by Gasteiger charge is -2.20. The summed E-state index contributed by atoms with van der Waals surface area (Å²) >= 11 is 9.26. The quantitative estimate of drug-likeness (QED) is 0.170. The number of amidine groups is 2. The van der Waals surface area contributed by atoms with Crippen molar-refractivity contribution in [3.63, 3.8) is 0 Å². The first-order valence-electron chi connectivity index (χ1n) is 12.3. The number of nitrogens with one attached hydrogen (secondary N) is 1. The standard InChI is InChI=1S/C29H25ClN4O3S2/c1-3-36-25-17-19(10-13-24(25)37-14-15-38-20-11-8-18(2)9-12-20)16-22-26(31)34-29(32-27(22)35)39-28(33-34)21-6-4-5-7-23(21)30/h4-13,16-17,31H,3,14-15H2,1-2H3/b22-16-,31-26?. The molecule has 0 aliphatic carbocycles. The van der Waals surface area contributed by atoms with E-state index in [-0.39, 0.29) is 11.4 Å². The van der Waals surface area contributed by atoms with Gasteiger partial charge in [-0.25, -0.2) is 0 Å². The van der Waals surface area contributed by atoms with Gasteiger partial charge >= 0.3 is 0 Å². The van der Waals surface area contributed by atoms with E-state index in [0.717, 1.165) is 11.3 Å². The second-order valence-corrected chi connectivity index (χ2v) is 11.1. The van der Waals surface area contributed by atoms with Crippen LogP contribution in [0, 0.1) is 12.3 Å². The third-order valence-electron chi connectivity index (χ3n) is 5.77. The second-order valence-electron chi connectivity index (χ2n) is 8.55. The minimum absolute atomic E-state index is 0.0500. The van der Waals surface area contributed by atoms with Crippen LogP contribution in [0.15, 0.2) is 87.3 Å². The Morgan fingerprint density at radius 1 is 1.08 bits per heavy atom. The Morgan fingerprint density at radius 2 is 1.87 bits per heavy atom. The van der Waals surface area contributed by atoms with Crippen molar-refractivity contribution in [3.05, 3.63) is 94.0 Å². The van der Waals surface area contributed by atoms with Crippen LogP contribution >= 0.6 is 35.1 Å². The Bertz CT molecular complexity index is 1520. The van der Waals surface area contributed by atoms with Crippen LogP contribution in [0.5, 0.6) is 11.5 Å². The molecule has 0 saturated heterocycles. The molecule has 7 nitrogen and oxygen atoms in total. The van der Waals surface area contributed by atoms with Crippen molar-refractivity contribution in [1.82, 2.24) is 5.01 Å². The summed E-state index contributed by atoms with van der Waals surface area (Å²) in [4.78, 5) is 18.2. The maximum Gasteiger partial charge on any atom is 0.283 e. The summed E-state index contributed by atoms with van der Waals surface area (Å²) in [6.45, 7) is 4.94. The van der Waals surface area contributed by atoms with Crippen molar-refractivity contribution in [1.29, 1.82) is 5.41 Å². The summed E-state index contributed by atoms with van der Waals surface area (Å²) in [5.74, 6) is 1.43. The monoisotopic (exact) mass is 576 g/mol. The normalized spacial score (nSPS) is 15.8. The largest absolute Gasteiger partial charge is 0.490 e. The number of ether oxygens (including phenoxy) is 2. The molecule has 1 amide bonds. The average Bonchev–Trinajstić information content (AvgIpc) is 3.35. The van der Waals surface area contributed by atoms with Crippen LogP contribution in [0.2, 0.25) is 5.02 Å². The SMILES string of the molecule is CCOc1cc(/C=C2/C(=N)N3N=C(c4ccccc4Cl)SC3=NC2=O)ccc1OCCSc1ccc(C)cc1. The Labute approximate surface area is 240 Å². The van der Waals surface area contributed by atoms with E-state index in [0.29, 0.717) is 45.5 Å². The van der Waals surface area contributed by atoms with E-state index < -0.39 is 5.91 Å². The predicted octanol–water partition coefficient (Wildman–Crippen LogP) is 6.89. The molecule has 198 valence electrons. The van der Waals surface area contributed by atoms with E-state index in [9.17, 15) is 4.79 Å². The zero-order valence-corrected chi connectivity index (χ0v) is 23.7. The van der Waals surface area contributed by atoms with Crippen LogP contribution in [-0.2, 0) is 4.79 Å². The van der Waals surface area contributed by atoms with E-state index in [4.69, 9.17) is 26.5 Å². The first kappa shape index (κ1) is 27.1. The minimum atomic E-state index is -0.499. The number of thioether (sulfide) groups is 2. The number of rotatable bonds is 9. The smallest absolute Gasteiger partial charge is 0.283 e. The molecule has 0 unspecified atom stereocenters. The fourth-order valence-corrected chi connectivity index (χ4v) is 5.79. The summed E-state index contributed by atoms with van der Waals surface area (Å²) in [6, 6.07) is 21.2. The third kappa shape index (κ3) is 6.21. The lowest BCUT2D eigenvalue weighted by atomic mass is 10.1. The van der Waals surface area contributed by atoms with Gasteiger partial charge in [-0.05, 0) is 67.6 Å². The number of aliphatic imine (C=N–C) groups is 1. The van der Waals surface area contributed by atoms with Crippen LogP contribution in [0.1, 0.15) is 23.6 Å². The summed E-state index contributed by atoms with van der Waals surface area (Å²) in [5.41, 5.74) is 2.78. The first-order chi connectivity index (χ1) is 18.9. The zero-order chi connectivity index (χ0) is 27.4. The number of amides is 1. The maximum absolute atomic E-state index is 12.9. The minimum Gasteiger partial charge on any atom is -0.490 e. The molecule has 3 aromatic rings. The van der Waals surface area contributed by atoms with E-state index in [2.05, 4.69) is 41.3 Å². The number of carbonyl (C=O) groups is 1. The Balaban J connectivity index is 1.31. The van der Waals surface area contributed by atoms with Gasteiger partial charge in [-0.15, -0.1) is 11.8 Å². The van der Waals surface area contributed by atoms with Gasteiger partial charge in [0.1, 0.15) is 5.04 Å². The van der Waals surface area contributed by atoms with E-state index >= 15 is 0 Å². The van der Waals surface area contributed by atoms with Gasteiger partial charge in [-0.3, -0.25) is 10.2 Å². The number of aryl methyl sites for hydroxylation is 1. The van der Waals surface area contributed by atoms with Gasteiger partial charge < -0.3 is 9.47 Å². The number of hydrogen-bond donors (Lipinski definition) is 1. The summed E-state index contributed by atoms with van der Waals surface area (Å²) < 4.78 is 11.8. The highest BCUT2D eigenvalue weighted by molar-refractivity contribution is 8.27. The van der Waals surface area contributed by atoms with Crippen molar-refractivity contribution >= 4 is 63.2 Å². The van der Waals surface area contributed by atoms with Gasteiger partial charge in [-0.1, -0.05) is 53.6 Å². The van der Waals surface area contributed by atoms with E-state index in [1.807, 2.05) is 37.3 Å². The van der Waals surface area contributed by atoms with Crippen LogP contribution in [0.25, 0.3) is 6.08 Å². The lowest BCUT2D eigenvalue weighted by molar-refractivity contribution is -0.114. The number of nitrogens with zero attached hydrogens (tertiary/aromatic N) is 3. The van der Waals surface area contributed by atoms with Crippen LogP contribution in [0.4, 0.5) is 0 Å². The maximum atomic E-state index is 12.9. The Morgan fingerprint density at radius 3 is 2.64 bits per heavy atom. The molecule has 0 aromatic heterocycles. The molecular weight excluding hydrogens is 552 g/mol. The molecule has 5 rings (SSSR count). The number of halogens is 1. The summed E-state index contributed by atoms with van der Waals surface area (Å²) in [6.07, 6.45) is 1.62. The highest BCUT2D eigenvalue weighted by Gasteiger charge is 2.36.